The van der Waals surface area contributed by atoms with Crippen LogP contribution in [0.5, 0.6) is 0 Å². The van der Waals surface area contributed by atoms with Crippen LogP contribution in [0.1, 0.15) is 13.3 Å². The Balaban J connectivity index is 2.39. The van der Waals surface area contributed by atoms with E-state index in [1.165, 1.54) is 6.42 Å². The third kappa shape index (κ3) is 1.19. The first-order valence-corrected chi connectivity index (χ1v) is 6.11. The van der Waals surface area contributed by atoms with E-state index in [9.17, 15) is 0 Å². The smallest absolute Gasteiger partial charge is 0.00901 e. The molecule has 0 amide bonds. The Labute approximate surface area is 54.0 Å². The van der Waals surface area contributed by atoms with E-state index < -0.39 is 0 Å². The molecule has 0 radical (unpaired) electrons. The van der Waals surface area contributed by atoms with Crippen LogP contribution in [-0.2, 0) is 0 Å². The molecule has 1 aliphatic rings. The van der Waals surface area contributed by atoms with Crippen LogP contribution in [0.2, 0.25) is 0 Å². The minimum atomic E-state index is -0.179. The van der Waals surface area contributed by atoms with Gasteiger partial charge in [0, 0.05) is 0 Å². The fraction of sp³-hybridized carbons (Fsp3) is 1.00. The molecule has 50 valence electrons. The first kappa shape index (κ1) is 6.47. The van der Waals surface area contributed by atoms with Crippen molar-refractivity contribution in [1.29, 1.82) is 0 Å². The van der Waals surface area contributed by atoms with E-state index in [4.69, 9.17) is 0 Å². The lowest BCUT2D eigenvalue weighted by molar-refractivity contribution is 0.985. The molecule has 2 unspecified atom stereocenters. The van der Waals surface area contributed by atoms with Crippen molar-refractivity contribution in [1.82, 2.24) is 0 Å². The molecule has 2 atom stereocenters. The Hall–Kier alpha value is 0.350. The van der Waals surface area contributed by atoms with Gasteiger partial charge in [0.2, 0.25) is 0 Å². The molecule has 0 aromatic rings. The van der Waals surface area contributed by atoms with Crippen LogP contribution in [0.3, 0.4) is 0 Å². The molecule has 0 nitrogen and oxygen atoms in total. The topological polar surface area (TPSA) is 0 Å². The van der Waals surface area contributed by atoms with Crippen molar-refractivity contribution in [3.8, 4) is 0 Å². The highest BCUT2D eigenvalue weighted by atomic mass is 32.3. The van der Waals surface area contributed by atoms with Gasteiger partial charge in [-0.05, 0) is 36.4 Å². The van der Waals surface area contributed by atoms with Crippen molar-refractivity contribution in [2.45, 2.75) is 18.6 Å². The number of hydrogen-bond acceptors (Lipinski definition) is 0. The second kappa shape index (κ2) is 1.66. The zero-order valence-corrected chi connectivity index (χ0v) is 7.09. The Bertz CT molecular complexity index is 91.1. The average Bonchev–Trinajstić information content (AvgIpc) is 2.13. The van der Waals surface area contributed by atoms with E-state index in [1.54, 1.807) is 0 Å². The summed E-state index contributed by atoms with van der Waals surface area (Å²) in [7, 11) is -0.179. The SMILES string of the molecule is CC1CC1S(C)(C)C. The first-order chi connectivity index (χ1) is 3.52. The summed E-state index contributed by atoms with van der Waals surface area (Å²) in [6.45, 7) is 2.36. The van der Waals surface area contributed by atoms with Crippen LogP contribution in [0.25, 0.3) is 0 Å². The molecule has 1 saturated carbocycles. The summed E-state index contributed by atoms with van der Waals surface area (Å²) in [6.07, 6.45) is 8.75. The van der Waals surface area contributed by atoms with Crippen molar-refractivity contribution in [3.63, 3.8) is 0 Å². The maximum absolute atomic E-state index is 2.42. The second-order valence-corrected chi connectivity index (χ2v) is 8.15. The number of hydrogen-bond donors (Lipinski definition) is 0. The van der Waals surface area contributed by atoms with Crippen molar-refractivity contribution in [2.24, 2.45) is 5.92 Å². The highest BCUT2D eigenvalue weighted by molar-refractivity contribution is 8.32. The van der Waals surface area contributed by atoms with Gasteiger partial charge in [-0.15, -0.1) is 0 Å². The lowest BCUT2D eigenvalue weighted by atomic mass is 10.5. The van der Waals surface area contributed by atoms with Gasteiger partial charge >= 0.3 is 0 Å². The molecule has 1 fully saturated rings. The lowest BCUT2D eigenvalue weighted by Crippen LogP contribution is -1.99. The molecule has 1 aliphatic carbocycles. The Morgan fingerprint density at radius 1 is 1.25 bits per heavy atom. The average molecular weight is 132 g/mol. The molecule has 1 heteroatoms. The summed E-state index contributed by atoms with van der Waals surface area (Å²) >= 11 is 0. The molecule has 0 bridgehead atoms. The summed E-state index contributed by atoms with van der Waals surface area (Å²) in [6, 6.07) is 0. The maximum atomic E-state index is 2.42. The molecule has 0 aromatic carbocycles. The largest absolute Gasteiger partial charge is 0.247 e. The molecule has 0 saturated heterocycles. The van der Waals surface area contributed by atoms with Crippen molar-refractivity contribution in [3.05, 3.63) is 0 Å². The Kier molecular flexibility index (Phi) is 1.34. The van der Waals surface area contributed by atoms with E-state index in [0.717, 1.165) is 11.2 Å². The van der Waals surface area contributed by atoms with Gasteiger partial charge in [0.25, 0.3) is 0 Å². The fourth-order valence-corrected chi connectivity index (χ4v) is 3.55. The van der Waals surface area contributed by atoms with Crippen LogP contribution in [0, 0.1) is 5.92 Å². The highest BCUT2D eigenvalue weighted by Crippen LogP contribution is 2.57. The zero-order chi connectivity index (χ0) is 6.36. The highest BCUT2D eigenvalue weighted by Gasteiger charge is 2.38. The first-order valence-electron chi connectivity index (χ1n) is 3.19. The van der Waals surface area contributed by atoms with Crippen molar-refractivity contribution < 1.29 is 0 Å². The third-order valence-electron chi connectivity index (χ3n) is 1.94. The lowest BCUT2D eigenvalue weighted by Gasteiger charge is -2.24. The monoisotopic (exact) mass is 132 g/mol. The molecular formula is C7H16S. The van der Waals surface area contributed by atoms with Gasteiger partial charge in [-0.2, -0.15) is 0 Å². The van der Waals surface area contributed by atoms with Crippen LogP contribution < -0.4 is 0 Å². The van der Waals surface area contributed by atoms with Gasteiger partial charge in [-0.25, -0.2) is 10.0 Å². The standard InChI is InChI=1S/C7H16S/c1-6-5-7(6)8(2,3)4/h6-7H,5H2,1-4H3. The molecular weight excluding hydrogens is 116 g/mol. The van der Waals surface area contributed by atoms with Crippen molar-refractivity contribution >= 4 is 10.0 Å². The molecule has 8 heavy (non-hydrogen) atoms. The van der Waals surface area contributed by atoms with Crippen molar-refractivity contribution in [2.75, 3.05) is 18.8 Å². The molecule has 0 heterocycles. The van der Waals surface area contributed by atoms with Crippen LogP contribution in [-0.4, -0.2) is 24.0 Å². The van der Waals surface area contributed by atoms with Gasteiger partial charge in [0.05, 0.1) is 0 Å². The van der Waals surface area contributed by atoms with Crippen LogP contribution >= 0.6 is 10.0 Å². The minimum absolute atomic E-state index is 0.179. The molecule has 0 N–H and O–H groups in total. The maximum Gasteiger partial charge on any atom is -0.00901 e. The minimum Gasteiger partial charge on any atom is -0.247 e. The van der Waals surface area contributed by atoms with Gasteiger partial charge in [0.15, 0.2) is 0 Å². The van der Waals surface area contributed by atoms with E-state index in [2.05, 4.69) is 25.7 Å². The van der Waals surface area contributed by atoms with E-state index in [-0.39, 0.29) is 10.0 Å². The summed E-state index contributed by atoms with van der Waals surface area (Å²) in [5.41, 5.74) is 0. The third-order valence-corrected chi connectivity index (χ3v) is 4.42. The number of rotatable bonds is 1. The zero-order valence-electron chi connectivity index (χ0n) is 6.27. The second-order valence-electron chi connectivity index (χ2n) is 3.68. The Morgan fingerprint density at radius 3 is 1.62 bits per heavy atom. The molecule has 1 rings (SSSR count). The molecule has 0 spiro atoms. The van der Waals surface area contributed by atoms with E-state index in [0.29, 0.717) is 0 Å². The van der Waals surface area contributed by atoms with E-state index >= 15 is 0 Å². The van der Waals surface area contributed by atoms with Crippen LogP contribution in [0.15, 0.2) is 0 Å². The Morgan fingerprint density at radius 2 is 1.62 bits per heavy atom. The summed E-state index contributed by atoms with van der Waals surface area (Å²) in [4.78, 5) is 0. The van der Waals surface area contributed by atoms with Gasteiger partial charge in [0.1, 0.15) is 0 Å². The van der Waals surface area contributed by atoms with E-state index in [1.807, 2.05) is 0 Å². The predicted octanol–water partition coefficient (Wildman–Crippen LogP) is 2.09. The quantitative estimate of drug-likeness (QED) is 0.512. The summed E-state index contributed by atoms with van der Waals surface area (Å²) in [5, 5.41) is 1.10. The fourth-order valence-electron chi connectivity index (χ4n) is 1.27. The molecule has 0 aromatic heterocycles. The van der Waals surface area contributed by atoms with Crippen LogP contribution in [0.4, 0.5) is 0 Å². The van der Waals surface area contributed by atoms with Gasteiger partial charge in [-0.3, -0.25) is 0 Å². The van der Waals surface area contributed by atoms with Gasteiger partial charge in [-0.1, -0.05) is 6.92 Å². The predicted molar refractivity (Wildman–Crippen MR) is 42.9 cm³/mol. The summed E-state index contributed by atoms with van der Waals surface area (Å²) in [5.74, 6) is 1.05. The molecule has 0 aliphatic heterocycles. The normalized spacial score (nSPS) is 39.5. The summed E-state index contributed by atoms with van der Waals surface area (Å²) < 4.78 is 0. The van der Waals surface area contributed by atoms with Gasteiger partial charge < -0.3 is 0 Å².